The number of benzene rings is 1. The van der Waals surface area contributed by atoms with Gasteiger partial charge in [-0.3, -0.25) is 15.0 Å². The first-order valence-corrected chi connectivity index (χ1v) is 9.48. The average molecular weight is 353 g/mol. The van der Waals surface area contributed by atoms with E-state index in [4.69, 9.17) is 0 Å². The Kier molecular flexibility index (Phi) is 5.15. The van der Waals surface area contributed by atoms with Gasteiger partial charge in [0, 0.05) is 38.3 Å². The Morgan fingerprint density at radius 2 is 2.19 bits per heavy atom. The number of nitrogens with zero attached hydrogens (tertiary/aromatic N) is 5. The SMILES string of the molecule is CN=C(NCc1cccc(-c2ncn[nH]2)c1)N1CCC(N2CCCC2)C1. The Morgan fingerprint density at radius 1 is 1.31 bits per heavy atom. The standard InChI is InChI=1S/C19H27N7/c1-20-19(26-10-7-17(13-26)25-8-2-3-9-25)21-12-15-5-4-6-16(11-15)18-22-14-23-24-18/h4-6,11,14,17H,2-3,7-10,12-13H2,1H3,(H,20,21)(H,22,23,24). The third kappa shape index (κ3) is 3.72. The summed E-state index contributed by atoms with van der Waals surface area (Å²) in [7, 11) is 1.87. The molecule has 4 rings (SSSR count). The predicted octanol–water partition coefficient (Wildman–Crippen LogP) is 1.72. The largest absolute Gasteiger partial charge is 0.352 e. The van der Waals surface area contributed by atoms with Crippen molar-refractivity contribution in [2.75, 3.05) is 33.2 Å². The summed E-state index contributed by atoms with van der Waals surface area (Å²) in [6, 6.07) is 9.04. The molecule has 2 aromatic rings. The molecule has 0 amide bonds. The monoisotopic (exact) mass is 353 g/mol. The molecular weight excluding hydrogens is 326 g/mol. The van der Waals surface area contributed by atoms with Crippen LogP contribution in [0.4, 0.5) is 0 Å². The van der Waals surface area contributed by atoms with Crippen molar-refractivity contribution in [3.8, 4) is 11.4 Å². The number of aromatic amines is 1. The molecule has 1 aromatic carbocycles. The molecule has 2 N–H and O–H groups in total. The van der Waals surface area contributed by atoms with Gasteiger partial charge in [0.25, 0.3) is 0 Å². The smallest absolute Gasteiger partial charge is 0.193 e. The second-order valence-corrected chi connectivity index (χ2v) is 7.07. The van der Waals surface area contributed by atoms with E-state index in [0.717, 1.165) is 37.0 Å². The lowest BCUT2D eigenvalue weighted by Gasteiger charge is -2.25. The molecule has 26 heavy (non-hydrogen) atoms. The maximum atomic E-state index is 4.50. The van der Waals surface area contributed by atoms with E-state index >= 15 is 0 Å². The zero-order valence-corrected chi connectivity index (χ0v) is 15.4. The maximum Gasteiger partial charge on any atom is 0.193 e. The second kappa shape index (κ2) is 7.86. The molecule has 2 saturated heterocycles. The van der Waals surface area contributed by atoms with Gasteiger partial charge >= 0.3 is 0 Å². The van der Waals surface area contributed by atoms with Gasteiger partial charge < -0.3 is 10.2 Å². The molecule has 7 heteroatoms. The summed E-state index contributed by atoms with van der Waals surface area (Å²) < 4.78 is 0. The van der Waals surface area contributed by atoms with Gasteiger partial charge in [0.15, 0.2) is 11.8 Å². The number of guanidine groups is 1. The molecule has 138 valence electrons. The summed E-state index contributed by atoms with van der Waals surface area (Å²) in [4.78, 5) is 13.8. The number of likely N-dealkylation sites (tertiary alicyclic amines) is 2. The fraction of sp³-hybridized carbons (Fsp3) is 0.526. The van der Waals surface area contributed by atoms with Gasteiger partial charge in [-0.15, -0.1) is 0 Å². The van der Waals surface area contributed by atoms with E-state index in [9.17, 15) is 0 Å². The summed E-state index contributed by atoms with van der Waals surface area (Å²) in [6.45, 7) is 5.44. The molecule has 2 fully saturated rings. The Balaban J connectivity index is 1.35. The van der Waals surface area contributed by atoms with E-state index in [1.807, 2.05) is 13.1 Å². The highest BCUT2D eigenvalue weighted by Gasteiger charge is 2.30. The zero-order chi connectivity index (χ0) is 17.8. The van der Waals surface area contributed by atoms with Crippen molar-refractivity contribution in [1.82, 2.24) is 30.3 Å². The van der Waals surface area contributed by atoms with E-state index in [1.165, 1.54) is 44.2 Å². The molecule has 1 unspecified atom stereocenters. The van der Waals surface area contributed by atoms with Crippen molar-refractivity contribution in [3.63, 3.8) is 0 Å². The van der Waals surface area contributed by atoms with Crippen molar-refractivity contribution in [1.29, 1.82) is 0 Å². The molecule has 1 aromatic heterocycles. The number of hydrogen-bond donors (Lipinski definition) is 2. The van der Waals surface area contributed by atoms with Crippen LogP contribution in [0.5, 0.6) is 0 Å². The minimum absolute atomic E-state index is 0.686. The Hall–Kier alpha value is -2.41. The molecular formula is C19H27N7. The Morgan fingerprint density at radius 3 is 2.96 bits per heavy atom. The third-order valence-electron chi connectivity index (χ3n) is 5.40. The molecule has 0 bridgehead atoms. The van der Waals surface area contributed by atoms with Crippen molar-refractivity contribution >= 4 is 5.96 Å². The molecule has 0 radical (unpaired) electrons. The van der Waals surface area contributed by atoms with Gasteiger partial charge in [-0.05, 0) is 44.0 Å². The third-order valence-corrected chi connectivity index (χ3v) is 5.40. The minimum atomic E-state index is 0.686. The number of rotatable bonds is 4. The molecule has 1 atom stereocenters. The summed E-state index contributed by atoms with van der Waals surface area (Å²) in [5, 5.41) is 10.4. The highest BCUT2D eigenvalue weighted by atomic mass is 15.3. The molecule has 3 heterocycles. The lowest BCUT2D eigenvalue weighted by Crippen LogP contribution is -2.42. The highest BCUT2D eigenvalue weighted by molar-refractivity contribution is 5.80. The van der Waals surface area contributed by atoms with Crippen molar-refractivity contribution in [2.24, 2.45) is 4.99 Å². The van der Waals surface area contributed by atoms with E-state index in [2.05, 4.69) is 53.5 Å². The molecule has 0 spiro atoms. The fourth-order valence-electron chi connectivity index (χ4n) is 4.03. The summed E-state index contributed by atoms with van der Waals surface area (Å²) in [5.74, 6) is 1.79. The van der Waals surface area contributed by atoms with Gasteiger partial charge in [0.2, 0.25) is 0 Å². The number of hydrogen-bond acceptors (Lipinski definition) is 4. The first-order chi connectivity index (χ1) is 12.8. The lowest BCUT2D eigenvalue weighted by atomic mass is 10.1. The minimum Gasteiger partial charge on any atom is -0.352 e. The second-order valence-electron chi connectivity index (χ2n) is 7.07. The highest BCUT2D eigenvalue weighted by Crippen LogP contribution is 2.20. The first-order valence-electron chi connectivity index (χ1n) is 9.48. The van der Waals surface area contributed by atoms with Crippen LogP contribution >= 0.6 is 0 Å². The molecule has 0 saturated carbocycles. The lowest BCUT2D eigenvalue weighted by molar-refractivity contribution is 0.249. The van der Waals surface area contributed by atoms with Crippen LogP contribution in [-0.2, 0) is 6.54 Å². The van der Waals surface area contributed by atoms with Gasteiger partial charge in [0.05, 0.1) is 0 Å². The van der Waals surface area contributed by atoms with Crippen LogP contribution in [-0.4, -0.2) is 70.2 Å². The number of aliphatic imine (C=N–C) groups is 1. The topological polar surface area (TPSA) is 72.4 Å². The summed E-state index contributed by atoms with van der Waals surface area (Å²) >= 11 is 0. The van der Waals surface area contributed by atoms with Crippen LogP contribution in [0.3, 0.4) is 0 Å². The fourth-order valence-corrected chi connectivity index (χ4v) is 4.03. The molecule has 0 aliphatic carbocycles. The van der Waals surface area contributed by atoms with Crippen LogP contribution in [0.25, 0.3) is 11.4 Å². The number of nitrogens with one attached hydrogen (secondary N) is 2. The quantitative estimate of drug-likeness (QED) is 0.647. The molecule has 2 aliphatic heterocycles. The van der Waals surface area contributed by atoms with Gasteiger partial charge in [0.1, 0.15) is 6.33 Å². The van der Waals surface area contributed by atoms with Crippen LogP contribution in [0.15, 0.2) is 35.6 Å². The average Bonchev–Trinajstić information content (AvgIpc) is 3.43. The Bertz CT molecular complexity index is 734. The number of aromatic nitrogens is 3. The summed E-state index contributed by atoms with van der Waals surface area (Å²) in [6.07, 6.45) is 5.48. The van der Waals surface area contributed by atoms with E-state index in [-0.39, 0.29) is 0 Å². The van der Waals surface area contributed by atoms with Gasteiger partial charge in [-0.1, -0.05) is 18.2 Å². The normalized spacial score (nSPS) is 21.5. The van der Waals surface area contributed by atoms with Crippen molar-refractivity contribution in [2.45, 2.75) is 31.8 Å². The van der Waals surface area contributed by atoms with Crippen molar-refractivity contribution < 1.29 is 0 Å². The first kappa shape index (κ1) is 17.0. The maximum absolute atomic E-state index is 4.50. The van der Waals surface area contributed by atoms with Gasteiger partial charge in [-0.25, -0.2) is 4.98 Å². The van der Waals surface area contributed by atoms with Crippen LogP contribution in [0.2, 0.25) is 0 Å². The van der Waals surface area contributed by atoms with Crippen LogP contribution in [0.1, 0.15) is 24.8 Å². The van der Waals surface area contributed by atoms with E-state index in [0.29, 0.717) is 6.04 Å². The van der Waals surface area contributed by atoms with Gasteiger partial charge in [-0.2, -0.15) is 5.10 Å². The molecule has 7 nitrogen and oxygen atoms in total. The van der Waals surface area contributed by atoms with Crippen LogP contribution < -0.4 is 5.32 Å². The van der Waals surface area contributed by atoms with Crippen molar-refractivity contribution in [3.05, 3.63) is 36.2 Å². The summed E-state index contributed by atoms with van der Waals surface area (Å²) in [5.41, 5.74) is 2.25. The van der Waals surface area contributed by atoms with Crippen LogP contribution in [0, 0.1) is 0 Å². The number of H-pyrrole nitrogens is 1. The van der Waals surface area contributed by atoms with E-state index in [1.54, 1.807) is 0 Å². The van der Waals surface area contributed by atoms with E-state index < -0.39 is 0 Å². The zero-order valence-electron chi connectivity index (χ0n) is 15.4. The Labute approximate surface area is 154 Å². The predicted molar refractivity (Wildman–Crippen MR) is 103 cm³/mol. The molecule has 2 aliphatic rings.